The van der Waals surface area contributed by atoms with Crippen LogP contribution in [0.1, 0.15) is 32.0 Å². The second kappa shape index (κ2) is 7.74. The molecule has 1 aromatic heterocycles. The molecule has 2 aromatic carbocycles. The van der Waals surface area contributed by atoms with Crippen LogP contribution in [0.4, 0.5) is 0 Å². The summed E-state index contributed by atoms with van der Waals surface area (Å²) >= 11 is 0. The molecule has 0 saturated carbocycles. The number of aromatic carboxylic acids is 1. The van der Waals surface area contributed by atoms with E-state index in [9.17, 15) is 14.7 Å². The first-order valence-corrected chi connectivity index (χ1v) is 8.31. The normalized spacial score (nSPS) is 10.4. The van der Waals surface area contributed by atoms with Gasteiger partial charge in [0.1, 0.15) is 22.8 Å². The number of nitrogens with one attached hydrogen (secondary N) is 1. The highest BCUT2D eigenvalue weighted by Gasteiger charge is 2.21. The number of rotatable bonds is 6. The molecule has 1 heterocycles. The van der Waals surface area contributed by atoms with Gasteiger partial charge in [0.25, 0.3) is 5.91 Å². The van der Waals surface area contributed by atoms with Crippen LogP contribution in [0.25, 0.3) is 0 Å². The quantitative estimate of drug-likeness (QED) is 0.700. The van der Waals surface area contributed by atoms with Crippen molar-refractivity contribution in [2.75, 3.05) is 0 Å². The number of carboxylic acids is 1. The number of para-hydroxylation sites is 1. The van der Waals surface area contributed by atoms with Crippen LogP contribution in [-0.4, -0.2) is 26.8 Å². The van der Waals surface area contributed by atoms with Crippen LogP contribution in [0, 0.1) is 6.92 Å². The van der Waals surface area contributed by atoms with Crippen molar-refractivity contribution in [1.82, 2.24) is 15.1 Å². The maximum absolute atomic E-state index is 12.5. The van der Waals surface area contributed by atoms with Gasteiger partial charge in [-0.25, -0.2) is 4.79 Å². The first-order valence-electron chi connectivity index (χ1n) is 8.31. The van der Waals surface area contributed by atoms with E-state index in [0.717, 1.165) is 17.3 Å². The smallest absolute Gasteiger partial charge is 0.339 e. The number of aryl methyl sites for hydroxylation is 2. The number of hydrogen-bond donors (Lipinski definition) is 2. The molecule has 3 rings (SSSR count). The van der Waals surface area contributed by atoms with E-state index >= 15 is 0 Å². The molecule has 0 saturated heterocycles. The van der Waals surface area contributed by atoms with E-state index in [1.54, 1.807) is 0 Å². The van der Waals surface area contributed by atoms with E-state index in [1.165, 1.54) is 11.7 Å². The average molecular weight is 365 g/mol. The zero-order valence-electron chi connectivity index (χ0n) is 15.0. The molecule has 2 N–H and O–H groups in total. The Bertz CT molecular complexity index is 994. The summed E-state index contributed by atoms with van der Waals surface area (Å²) in [5.74, 6) is -0.394. The molecule has 0 aliphatic carbocycles. The summed E-state index contributed by atoms with van der Waals surface area (Å²) in [6.07, 6.45) is 1.16. The molecule has 0 atom stereocenters. The average Bonchev–Trinajstić information content (AvgIpc) is 3.03. The zero-order valence-corrected chi connectivity index (χ0v) is 15.0. The molecule has 0 unspecified atom stereocenters. The maximum atomic E-state index is 12.5. The number of carboxylic acid groups (broad SMARTS) is 1. The Kier molecular flexibility index (Phi) is 5.21. The Morgan fingerprint density at radius 1 is 1.19 bits per heavy atom. The fourth-order valence-corrected chi connectivity index (χ4v) is 2.68. The van der Waals surface area contributed by atoms with Crippen molar-refractivity contribution in [2.24, 2.45) is 7.05 Å². The van der Waals surface area contributed by atoms with Crippen molar-refractivity contribution in [2.45, 2.75) is 13.5 Å². The van der Waals surface area contributed by atoms with Crippen LogP contribution in [0.15, 0.2) is 54.7 Å². The lowest BCUT2D eigenvalue weighted by Gasteiger charge is -2.12. The summed E-state index contributed by atoms with van der Waals surface area (Å²) in [7, 11) is 1.52. The lowest BCUT2D eigenvalue weighted by atomic mass is 10.2. The highest BCUT2D eigenvalue weighted by molar-refractivity contribution is 6.03. The minimum absolute atomic E-state index is 0.000386. The first-order chi connectivity index (χ1) is 13.0. The van der Waals surface area contributed by atoms with E-state index in [1.807, 2.05) is 55.5 Å². The van der Waals surface area contributed by atoms with Gasteiger partial charge in [0, 0.05) is 19.2 Å². The summed E-state index contributed by atoms with van der Waals surface area (Å²) in [6.45, 7) is 2.16. The molecule has 138 valence electrons. The second-order valence-electron chi connectivity index (χ2n) is 6.04. The van der Waals surface area contributed by atoms with Gasteiger partial charge in [-0.1, -0.05) is 30.3 Å². The maximum Gasteiger partial charge on any atom is 0.339 e. The zero-order chi connectivity index (χ0) is 19.4. The molecule has 27 heavy (non-hydrogen) atoms. The van der Waals surface area contributed by atoms with Gasteiger partial charge in [0.15, 0.2) is 0 Å². The summed E-state index contributed by atoms with van der Waals surface area (Å²) in [4.78, 5) is 23.7. The van der Waals surface area contributed by atoms with E-state index in [-0.39, 0.29) is 17.8 Å². The Labute approximate surface area is 156 Å². The Hall–Kier alpha value is -3.61. The fourth-order valence-electron chi connectivity index (χ4n) is 2.68. The van der Waals surface area contributed by atoms with E-state index < -0.39 is 11.9 Å². The minimum Gasteiger partial charge on any atom is -0.478 e. The van der Waals surface area contributed by atoms with Crippen LogP contribution in [0.2, 0.25) is 0 Å². The number of carbonyl (C=O) groups is 2. The van der Waals surface area contributed by atoms with Crippen LogP contribution >= 0.6 is 0 Å². The topological polar surface area (TPSA) is 93.4 Å². The van der Waals surface area contributed by atoms with Gasteiger partial charge in [-0.05, 0) is 30.7 Å². The Morgan fingerprint density at radius 2 is 1.96 bits per heavy atom. The van der Waals surface area contributed by atoms with Gasteiger partial charge >= 0.3 is 5.97 Å². The summed E-state index contributed by atoms with van der Waals surface area (Å²) in [5, 5.41) is 15.8. The second-order valence-corrected chi connectivity index (χ2v) is 6.04. The monoisotopic (exact) mass is 365 g/mol. The third kappa shape index (κ3) is 4.14. The predicted octanol–water partition coefficient (Wildman–Crippen LogP) is 3.15. The van der Waals surface area contributed by atoms with Crippen LogP contribution < -0.4 is 10.1 Å². The number of hydrogen-bond acceptors (Lipinski definition) is 4. The van der Waals surface area contributed by atoms with Gasteiger partial charge in [0.05, 0.1) is 6.20 Å². The van der Waals surface area contributed by atoms with Gasteiger partial charge in [-0.3, -0.25) is 9.48 Å². The van der Waals surface area contributed by atoms with E-state index in [2.05, 4.69) is 10.4 Å². The van der Waals surface area contributed by atoms with Crippen LogP contribution in [-0.2, 0) is 13.6 Å². The van der Waals surface area contributed by atoms with Gasteiger partial charge in [-0.2, -0.15) is 5.10 Å². The molecule has 0 bridgehead atoms. The van der Waals surface area contributed by atoms with Gasteiger partial charge in [-0.15, -0.1) is 0 Å². The molecule has 0 fully saturated rings. The summed E-state index contributed by atoms with van der Waals surface area (Å²) in [5.41, 5.74) is 1.71. The number of aromatic nitrogens is 2. The molecule has 7 heteroatoms. The molecular weight excluding hydrogens is 346 g/mol. The van der Waals surface area contributed by atoms with Crippen LogP contribution in [0.5, 0.6) is 11.5 Å². The van der Waals surface area contributed by atoms with Crippen molar-refractivity contribution in [3.8, 4) is 11.5 Å². The molecule has 0 aliphatic heterocycles. The number of carbonyl (C=O) groups excluding carboxylic acids is 1. The highest BCUT2D eigenvalue weighted by atomic mass is 16.5. The van der Waals surface area contributed by atoms with E-state index in [0.29, 0.717) is 11.5 Å². The Morgan fingerprint density at radius 3 is 2.70 bits per heavy atom. The fraction of sp³-hybridized carbons (Fsp3) is 0.150. The van der Waals surface area contributed by atoms with Crippen molar-refractivity contribution < 1.29 is 19.4 Å². The summed E-state index contributed by atoms with van der Waals surface area (Å²) < 4.78 is 7.18. The molecule has 0 radical (unpaired) electrons. The van der Waals surface area contributed by atoms with Crippen LogP contribution in [0.3, 0.4) is 0 Å². The predicted molar refractivity (Wildman–Crippen MR) is 99.0 cm³/mol. The molecule has 0 aliphatic rings. The standard InChI is InChI=1S/C20H19N3O4/c1-13-6-5-8-15(10-13)27-17-9-4-3-7-14(17)11-21-19(24)18-16(20(25)26)12-22-23(18)2/h3-10,12H,11H2,1-2H3,(H,21,24)(H,25,26). The largest absolute Gasteiger partial charge is 0.478 e. The van der Waals surface area contributed by atoms with Crippen molar-refractivity contribution in [3.63, 3.8) is 0 Å². The third-order valence-corrected chi connectivity index (χ3v) is 4.01. The molecule has 0 spiro atoms. The highest BCUT2D eigenvalue weighted by Crippen LogP contribution is 2.25. The lowest BCUT2D eigenvalue weighted by Crippen LogP contribution is -2.27. The molecular formula is C20H19N3O4. The number of nitrogens with zero attached hydrogens (tertiary/aromatic N) is 2. The summed E-state index contributed by atoms with van der Waals surface area (Å²) in [6, 6.07) is 15.0. The SMILES string of the molecule is Cc1cccc(Oc2ccccc2CNC(=O)c2c(C(=O)O)cnn2C)c1. The Balaban J connectivity index is 1.76. The van der Waals surface area contributed by atoms with E-state index in [4.69, 9.17) is 4.74 Å². The number of amides is 1. The van der Waals surface area contributed by atoms with Gasteiger partial charge < -0.3 is 15.2 Å². The lowest BCUT2D eigenvalue weighted by molar-refractivity contribution is 0.0690. The molecule has 3 aromatic rings. The minimum atomic E-state index is -1.20. The molecule has 1 amide bonds. The van der Waals surface area contributed by atoms with Crippen molar-refractivity contribution >= 4 is 11.9 Å². The van der Waals surface area contributed by atoms with Gasteiger partial charge in [0.2, 0.25) is 0 Å². The van der Waals surface area contributed by atoms with Crippen molar-refractivity contribution in [1.29, 1.82) is 0 Å². The number of benzene rings is 2. The molecule has 7 nitrogen and oxygen atoms in total. The van der Waals surface area contributed by atoms with Crippen molar-refractivity contribution in [3.05, 3.63) is 77.1 Å². The number of ether oxygens (including phenoxy) is 1. The first kappa shape index (κ1) is 18.2. The third-order valence-electron chi connectivity index (χ3n) is 4.01.